The molecule has 0 aliphatic carbocycles. The minimum atomic E-state index is -1.29. The first-order valence-electron chi connectivity index (χ1n) is 6.23. The fourth-order valence-electron chi connectivity index (χ4n) is 1.92. The van der Waals surface area contributed by atoms with E-state index in [1.165, 1.54) is 6.92 Å². The first-order chi connectivity index (χ1) is 8.65. The largest absolute Gasteiger partial charge is 0.394 e. The quantitative estimate of drug-likeness (QED) is 0.513. The van der Waals surface area contributed by atoms with Crippen molar-refractivity contribution in [3.63, 3.8) is 0 Å². The predicted octanol–water partition coefficient (Wildman–Crippen LogP) is -1.25. The smallest absolute Gasteiger partial charge is 0.217 e. The van der Waals surface area contributed by atoms with Crippen LogP contribution in [0.1, 0.15) is 27.7 Å². The van der Waals surface area contributed by atoms with E-state index < -0.39 is 42.9 Å². The fraction of sp³-hybridized carbons (Fsp3) is 0.917. The Morgan fingerprint density at radius 1 is 1.32 bits per heavy atom. The summed E-state index contributed by atoms with van der Waals surface area (Å²) in [7, 11) is 0. The van der Waals surface area contributed by atoms with E-state index in [-0.39, 0.29) is 5.91 Å². The first kappa shape index (κ1) is 16.3. The molecule has 7 nitrogen and oxygen atoms in total. The van der Waals surface area contributed by atoms with Gasteiger partial charge < -0.3 is 30.1 Å². The topological polar surface area (TPSA) is 108 Å². The lowest BCUT2D eigenvalue weighted by atomic mass is 9.96. The lowest BCUT2D eigenvalue weighted by molar-refractivity contribution is -0.292. The third kappa shape index (κ3) is 4.39. The molecule has 0 saturated carbocycles. The number of aliphatic hydroxyl groups excluding tert-OH is 3. The summed E-state index contributed by atoms with van der Waals surface area (Å²) >= 11 is 0. The van der Waals surface area contributed by atoms with E-state index >= 15 is 0 Å². The van der Waals surface area contributed by atoms with E-state index in [1.807, 2.05) is 0 Å². The van der Waals surface area contributed by atoms with Crippen molar-refractivity contribution in [3.8, 4) is 0 Å². The molecule has 0 spiro atoms. The Morgan fingerprint density at radius 3 is 2.32 bits per heavy atom. The summed E-state index contributed by atoms with van der Waals surface area (Å²) in [5.41, 5.74) is -0.566. The van der Waals surface area contributed by atoms with Crippen molar-refractivity contribution >= 4 is 5.91 Å². The average molecular weight is 277 g/mol. The van der Waals surface area contributed by atoms with E-state index in [4.69, 9.17) is 14.6 Å². The van der Waals surface area contributed by atoms with Gasteiger partial charge in [-0.25, -0.2) is 0 Å². The molecule has 0 aromatic heterocycles. The summed E-state index contributed by atoms with van der Waals surface area (Å²) in [4.78, 5) is 11.2. The number of nitrogens with one attached hydrogen (secondary N) is 1. The lowest BCUT2D eigenvalue weighted by Crippen LogP contribution is -2.65. The van der Waals surface area contributed by atoms with Crippen LogP contribution in [0, 0.1) is 0 Å². The molecule has 0 aromatic rings. The monoisotopic (exact) mass is 277 g/mol. The molecular formula is C12H23NO6. The van der Waals surface area contributed by atoms with Crippen LogP contribution in [0.3, 0.4) is 0 Å². The van der Waals surface area contributed by atoms with Gasteiger partial charge in [-0.05, 0) is 20.8 Å². The molecule has 1 aliphatic rings. The minimum Gasteiger partial charge on any atom is -0.394 e. The molecule has 19 heavy (non-hydrogen) atoms. The third-order valence-electron chi connectivity index (χ3n) is 2.72. The van der Waals surface area contributed by atoms with Crippen molar-refractivity contribution in [2.24, 2.45) is 0 Å². The molecule has 0 unspecified atom stereocenters. The van der Waals surface area contributed by atoms with Gasteiger partial charge >= 0.3 is 0 Å². The number of hydrogen-bond acceptors (Lipinski definition) is 6. The second-order valence-corrected chi connectivity index (χ2v) is 5.66. The zero-order valence-corrected chi connectivity index (χ0v) is 11.7. The molecule has 1 heterocycles. The van der Waals surface area contributed by atoms with Gasteiger partial charge in [-0.15, -0.1) is 0 Å². The van der Waals surface area contributed by atoms with Crippen LogP contribution in [0.4, 0.5) is 0 Å². The van der Waals surface area contributed by atoms with Gasteiger partial charge in [-0.2, -0.15) is 0 Å². The Bertz CT molecular complexity index is 316. The van der Waals surface area contributed by atoms with Gasteiger partial charge in [0.1, 0.15) is 24.4 Å². The zero-order valence-electron chi connectivity index (χ0n) is 11.7. The fourth-order valence-corrected chi connectivity index (χ4v) is 1.92. The third-order valence-corrected chi connectivity index (χ3v) is 2.72. The van der Waals surface area contributed by atoms with Gasteiger partial charge in [0.15, 0.2) is 6.29 Å². The molecule has 4 N–H and O–H groups in total. The minimum absolute atomic E-state index is 0.371. The summed E-state index contributed by atoms with van der Waals surface area (Å²) in [5, 5.41) is 31.4. The van der Waals surface area contributed by atoms with Crippen molar-refractivity contribution in [1.29, 1.82) is 0 Å². The van der Waals surface area contributed by atoms with Gasteiger partial charge in [0, 0.05) is 6.92 Å². The molecule has 0 radical (unpaired) electrons. The summed E-state index contributed by atoms with van der Waals surface area (Å²) < 4.78 is 11.0. The highest BCUT2D eigenvalue weighted by Gasteiger charge is 2.46. The normalized spacial score (nSPS) is 36.1. The predicted molar refractivity (Wildman–Crippen MR) is 66.2 cm³/mol. The highest BCUT2D eigenvalue weighted by Crippen LogP contribution is 2.25. The summed E-state index contributed by atoms with van der Waals surface area (Å²) in [5.74, 6) is -0.371. The number of carbonyl (C=O) groups is 1. The highest BCUT2D eigenvalue weighted by molar-refractivity contribution is 5.73. The molecule has 1 rings (SSSR count). The van der Waals surface area contributed by atoms with Gasteiger partial charge in [-0.1, -0.05) is 0 Å². The highest BCUT2D eigenvalue weighted by atomic mass is 16.7. The molecule has 7 heteroatoms. The SMILES string of the molecule is CC(=O)N[C@H]1[C@H](OC(C)(C)C)O[C@H](CO)[C@H](O)[C@@H]1O. The summed E-state index contributed by atoms with van der Waals surface area (Å²) in [6.07, 6.45) is -4.46. The lowest BCUT2D eigenvalue weighted by Gasteiger charge is -2.44. The van der Waals surface area contributed by atoms with Crippen LogP contribution < -0.4 is 5.32 Å². The Labute approximate surface area is 112 Å². The average Bonchev–Trinajstić information content (AvgIpc) is 2.26. The Kier molecular flexibility index (Phi) is 5.28. The maximum Gasteiger partial charge on any atom is 0.217 e. The molecule has 112 valence electrons. The van der Waals surface area contributed by atoms with Gasteiger partial charge in [0.05, 0.1) is 12.2 Å². The van der Waals surface area contributed by atoms with Crippen LogP contribution >= 0.6 is 0 Å². The van der Waals surface area contributed by atoms with Gasteiger partial charge in [0.2, 0.25) is 5.91 Å². The van der Waals surface area contributed by atoms with Crippen molar-refractivity contribution < 1.29 is 29.6 Å². The number of aliphatic hydroxyl groups is 3. The molecule has 1 fully saturated rings. The molecular weight excluding hydrogens is 254 g/mol. The Balaban J connectivity index is 2.89. The first-order valence-corrected chi connectivity index (χ1v) is 6.23. The van der Waals surface area contributed by atoms with Gasteiger partial charge in [-0.3, -0.25) is 4.79 Å². The Morgan fingerprint density at radius 2 is 1.89 bits per heavy atom. The van der Waals surface area contributed by atoms with Gasteiger partial charge in [0.25, 0.3) is 0 Å². The maximum absolute atomic E-state index is 11.2. The van der Waals surface area contributed by atoms with Crippen LogP contribution in [0.15, 0.2) is 0 Å². The zero-order chi connectivity index (χ0) is 14.8. The standard InChI is InChI=1S/C12H23NO6/c1-6(15)13-8-10(17)9(16)7(5-14)18-11(8)19-12(2,3)4/h7-11,14,16-17H,5H2,1-4H3,(H,13,15)/t7-,8-,9+,10-,11+/m1/s1. The van der Waals surface area contributed by atoms with Crippen LogP contribution in [0.5, 0.6) is 0 Å². The molecule has 0 bridgehead atoms. The molecule has 5 atom stereocenters. The second kappa shape index (κ2) is 6.15. The molecule has 0 aromatic carbocycles. The number of carbonyl (C=O) groups excluding carboxylic acids is 1. The van der Waals surface area contributed by atoms with Crippen molar-refractivity contribution in [1.82, 2.24) is 5.32 Å². The molecule has 1 amide bonds. The van der Waals surface area contributed by atoms with Crippen molar-refractivity contribution in [2.45, 2.75) is 63.9 Å². The Hall–Kier alpha value is -0.730. The van der Waals surface area contributed by atoms with E-state index in [2.05, 4.69) is 5.32 Å². The van der Waals surface area contributed by atoms with E-state index in [0.717, 1.165) is 0 Å². The van der Waals surface area contributed by atoms with Crippen LogP contribution in [0.2, 0.25) is 0 Å². The number of hydrogen-bond donors (Lipinski definition) is 4. The second-order valence-electron chi connectivity index (χ2n) is 5.66. The number of rotatable bonds is 3. The number of amides is 1. The van der Waals surface area contributed by atoms with Crippen LogP contribution in [-0.2, 0) is 14.3 Å². The van der Waals surface area contributed by atoms with E-state index in [9.17, 15) is 15.0 Å². The van der Waals surface area contributed by atoms with E-state index in [0.29, 0.717) is 0 Å². The summed E-state index contributed by atoms with van der Waals surface area (Å²) in [6, 6.07) is -0.894. The number of ether oxygens (including phenoxy) is 2. The van der Waals surface area contributed by atoms with Crippen molar-refractivity contribution in [3.05, 3.63) is 0 Å². The van der Waals surface area contributed by atoms with E-state index in [1.54, 1.807) is 20.8 Å². The molecule has 1 saturated heterocycles. The maximum atomic E-state index is 11.2. The van der Waals surface area contributed by atoms with Crippen LogP contribution in [0.25, 0.3) is 0 Å². The molecule has 1 aliphatic heterocycles. The summed E-state index contributed by atoms with van der Waals surface area (Å²) in [6.45, 7) is 6.24. The van der Waals surface area contributed by atoms with Crippen molar-refractivity contribution in [2.75, 3.05) is 6.61 Å². The van der Waals surface area contributed by atoms with Crippen LogP contribution in [-0.4, -0.2) is 64.1 Å².